The second kappa shape index (κ2) is 7.12. The maximum atomic E-state index is 13.3. The Kier molecular flexibility index (Phi) is 4.61. The second-order valence-corrected chi connectivity index (χ2v) is 7.64. The third-order valence-electron chi connectivity index (χ3n) is 5.98. The molecule has 29 heavy (non-hydrogen) atoms. The van der Waals surface area contributed by atoms with Crippen LogP contribution in [0.15, 0.2) is 48.2 Å². The highest BCUT2D eigenvalue weighted by Crippen LogP contribution is 2.54. The SMILES string of the molecule is CCOc1ccc([C@@H]2[C@@H](C(=O)C3CC3)N3C=C(C#N)C=C[C@@H]3C2(C#N)C#N)cc1. The van der Waals surface area contributed by atoms with E-state index in [1.165, 1.54) is 0 Å². The molecule has 2 heterocycles. The van der Waals surface area contributed by atoms with Crippen LogP contribution in [0.3, 0.4) is 0 Å². The number of carbonyl (C=O) groups is 1. The Labute approximate surface area is 169 Å². The van der Waals surface area contributed by atoms with Gasteiger partial charge in [0.25, 0.3) is 0 Å². The second-order valence-electron chi connectivity index (χ2n) is 7.64. The third-order valence-corrected chi connectivity index (χ3v) is 5.98. The molecule has 0 aromatic heterocycles. The molecular weight excluding hydrogens is 364 g/mol. The Morgan fingerprint density at radius 2 is 1.90 bits per heavy atom. The zero-order valence-corrected chi connectivity index (χ0v) is 16.1. The maximum Gasteiger partial charge on any atom is 0.176 e. The number of hydrogen-bond acceptors (Lipinski definition) is 6. The third kappa shape index (κ3) is 2.87. The van der Waals surface area contributed by atoms with Crippen LogP contribution in [0.2, 0.25) is 0 Å². The Hall–Kier alpha value is -3.56. The van der Waals surface area contributed by atoms with Gasteiger partial charge in [0.2, 0.25) is 0 Å². The van der Waals surface area contributed by atoms with Crippen molar-refractivity contribution in [3.8, 4) is 24.0 Å². The van der Waals surface area contributed by atoms with Crippen molar-refractivity contribution >= 4 is 5.78 Å². The number of ether oxygens (including phenoxy) is 1. The molecule has 0 spiro atoms. The first-order valence-corrected chi connectivity index (χ1v) is 9.76. The summed E-state index contributed by atoms with van der Waals surface area (Å²) in [6.45, 7) is 2.43. The number of nitriles is 3. The predicted octanol–water partition coefficient (Wildman–Crippen LogP) is 3.21. The van der Waals surface area contributed by atoms with Crippen molar-refractivity contribution in [2.45, 2.75) is 37.8 Å². The maximum absolute atomic E-state index is 13.3. The highest BCUT2D eigenvalue weighted by molar-refractivity contribution is 5.90. The number of hydrogen-bond donors (Lipinski definition) is 0. The monoisotopic (exact) mass is 384 g/mol. The number of allylic oxidation sites excluding steroid dienone is 2. The summed E-state index contributed by atoms with van der Waals surface area (Å²) in [7, 11) is 0. The molecule has 6 nitrogen and oxygen atoms in total. The normalized spacial score (nSPS) is 26.5. The minimum absolute atomic E-state index is 0.0381. The van der Waals surface area contributed by atoms with E-state index >= 15 is 0 Å². The molecule has 1 aliphatic carbocycles. The largest absolute Gasteiger partial charge is 0.494 e. The Balaban J connectivity index is 1.87. The van der Waals surface area contributed by atoms with Crippen molar-refractivity contribution in [2.75, 3.05) is 6.61 Å². The minimum atomic E-state index is -1.43. The first-order chi connectivity index (χ1) is 14.1. The van der Waals surface area contributed by atoms with Crippen LogP contribution in [0.4, 0.5) is 0 Å². The minimum Gasteiger partial charge on any atom is -0.494 e. The summed E-state index contributed by atoms with van der Waals surface area (Å²) in [5, 5.41) is 29.6. The van der Waals surface area contributed by atoms with Gasteiger partial charge >= 0.3 is 0 Å². The zero-order valence-electron chi connectivity index (χ0n) is 16.1. The number of carbonyl (C=O) groups excluding carboxylic acids is 1. The molecule has 1 saturated heterocycles. The summed E-state index contributed by atoms with van der Waals surface area (Å²) < 4.78 is 5.51. The van der Waals surface area contributed by atoms with E-state index in [4.69, 9.17) is 4.74 Å². The van der Waals surface area contributed by atoms with Crippen LogP contribution in [0.25, 0.3) is 0 Å². The molecule has 0 unspecified atom stereocenters. The van der Waals surface area contributed by atoms with Crippen LogP contribution < -0.4 is 4.74 Å². The summed E-state index contributed by atoms with van der Waals surface area (Å²) in [5.41, 5.74) is -0.270. The van der Waals surface area contributed by atoms with Gasteiger partial charge in [-0.3, -0.25) is 4.79 Å². The Morgan fingerprint density at radius 1 is 1.21 bits per heavy atom. The van der Waals surface area contributed by atoms with Crippen molar-refractivity contribution in [3.05, 3.63) is 53.8 Å². The number of Topliss-reactive ketones (excluding diaryl/α,β-unsaturated/α-hetero) is 1. The predicted molar refractivity (Wildman–Crippen MR) is 104 cm³/mol. The van der Waals surface area contributed by atoms with E-state index in [0.29, 0.717) is 17.9 Å². The van der Waals surface area contributed by atoms with Crippen LogP contribution in [-0.4, -0.2) is 29.4 Å². The van der Waals surface area contributed by atoms with Crippen LogP contribution in [0.1, 0.15) is 31.2 Å². The first kappa shape index (κ1) is 18.8. The lowest BCUT2D eigenvalue weighted by molar-refractivity contribution is -0.124. The number of nitrogens with zero attached hydrogens (tertiary/aromatic N) is 4. The van der Waals surface area contributed by atoms with Crippen molar-refractivity contribution in [1.29, 1.82) is 15.8 Å². The van der Waals surface area contributed by atoms with Gasteiger partial charge < -0.3 is 9.64 Å². The van der Waals surface area contributed by atoms with E-state index in [9.17, 15) is 20.6 Å². The highest BCUT2D eigenvalue weighted by Gasteiger charge is 2.63. The van der Waals surface area contributed by atoms with E-state index in [0.717, 1.165) is 18.4 Å². The van der Waals surface area contributed by atoms with Gasteiger partial charge in [0.05, 0.1) is 36.4 Å². The Morgan fingerprint density at radius 3 is 2.45 bits per heavy atom. The van der Waals surface area contributed by atoms with Crippen molar-refractivity contribution in [2.24, 2.45) is 11.3 Å². The van der Waals surface area contributed by atoms with Gasteiger partial charge in [-0.25, -0.2) is 0 Å². The van der Waals surface area contributed by atoms with Gasteiger partial charge in [-0.15, -0.1) is 0 Å². The molecule has 2 fully saturated rings. The molecule has 4 rings (SSSR count). The van der Waals surface area contributed by atoms with Crippen molar-refractivity contribution in [3.63, 3.8) is 0 Å². The molecule has 0 radical (unpaired) electrons. The van der Waals surface area contributed by atoms with Crippen LogP contribution in [-0.2, 0) is 4.79 Å². The molecule has 3 aliphatic rings. The average Bonchev–Trinajstić information content (AvgIpc) is 3.56. The fourth-order valence-corrected chi connectivity index (χ4v) is 4.49. The summed E-state index contributed by atoms with van der Waals surface area (Å²) >= 11 is 0. The topological polar surface area (TPSA) is 101 Å². The smallest absolute Gasteiger partial charge is 0.176 e. The van der Waals surface area contributed by atoms with Gasteiger partial charge in [-0.05, 0) is 43.5 Å². The molecule has 3 atom stereocenters. The molecule has 144 valence electrons. The van der Waals surface area contributed by atoms with Gasteiger partial charge in [-0.1, -0.05) is 18.2 Å². The standard InChI is InChI=1S/C23H20N4O2/c1-2-29-18-8-6-16(7-9-18)20-21(22(28)17-4-5-17)27-12-15(11-24)3-10-19(27)23(20,13-25)14-26/h3,6-10,12,17,19-21H,2,4-5H2,1H3/t19-,20-,21+/m1/s1. The fourth-order valence-electron chi connectivity index (χ4n) is 4.49. The van der Waals surface area contributed by atoms with E-state index in [2.05, 4.69) is 18.2 Å². The molecular formula is C23H20N4O2. The van der Waals surface area contributed by atoms with Gasteiger partial charge in [0.15, 0.2) is 11.2 Å². The highest BCUT2D eigenvalue weighted by atomic mass is 16.5. The molecule has 0 amide bonds. The lowest BCUT2D eigenvalue weighted by Gasteiger charge is -2.30. The molecule has 1 saturated carbocycles. The van der Waals surface area contributed by atoms with E-state index in [1.807, 2.05) is 19.1 Å². The van der Waals surface area contributed by atoms with Crippen LogP contribution in [0.5, 0.6) is 5.75 Å². The van der Waals surface area contributed by atoms with Crippen molar-refractivity contribution < 1.29 is 9.53 Å². The molecule has 2 aliphatic heterocycles. The lowest BCUT2D eigenvalue weighted by Crippen LogP contribution is -2.40. The summed E-state index contributed by atoms with van der Waals surface area (Å²) in [6.07, 6.45) is 6.64. The molecule has 0 bridgehead atoms. The summed E-state index contributed by atoms with van der Waals surface area (Å²) in [5.74, 6) is 0.0855. The number of fused-ring (bicyclic) bond motifs is 1. The van der Waals surface area contributed by atoms with Crippen LogP contribution >= 0.6 is 0 Å². The average molecular weight is 384 g/mol. The van der Waals surface area contributed by atoms with E-state index in [1.54, 1.807) is 35.4 Å². The van der Waals surface area contributed by atoms with Crippen LogP contribution in [0, 0.1) is 45.3 Å². The molecule has 1 aromatic rings. The quantitative estimate of drug-likeness (QED) is 0.773. The number of rotatable bonds is 5. The van der Waals surface area contributed by atoms with Gasteiger partial charge in [0, 0.05) is 18.0 Å². The molecule has 6 heteroatoms. The fraction of sp³-hybridized carbons (Fsp3) is 0.391. The summed E-state index contributed by atoms with van der Waals surface area (Å²) in [4.78, 5) is 15.1. The van der Waals surface area contributed by atoms with E-state index in [-0.39, 0.29) is 11.7 Å². The van der Waals surface area contributed by atoms with E-state index < -0.39 is 23.4 Å². The number of ketones is 1. The van der Waals surface area contributed by atoms with Gasteiger partial charge in [0.1, 0.15) is 11.8 Å². The van der Waals surface area contributed by atoms with Gasteiger partial charge in [-0.2, -0.15) is 15.8 Å². The number of benzene rings is 1. The zero-order chi connectivity index (χ0) is 20.6. The molecule has 0 N–H and O–H groups in total. The lowest BCUT2D eigenvalue weighted by atomic mass is 9.69. The first-order valence-electron chi connectivity index (χ1n) is 9.76. The summed E-state index contributed by atoms with van der Waals surface area (Å²) in [6, 6.07) is 12.6. The molecule has 1 aromatic carbocycles. The Bertz CT molecular complexity index is 1000. The van der Waals surface area contributed by atoms with Crippen molar-refractivity contribution in [1.82, 2.24) is 4.90 Å².